The summed E-state index contributed by atoms with van der Waals surface area (Å²) in [6.45, 7) is 0.498. The number of aromatic nitrogens is 2. The summed E-state index contributed by atoms with van der Waals surface area (Å²) >= 11 is 5.86. The first-order valence-electron chi connectivity index (χ1n) is 8.07. The molecule has 1 aliphatic rings. The van der Waals surface area contributed by atoms with Crippen LogP contribution in [0.4, 0.5) is 5.69 Å². The van der Waals surface area contributed by atoms with Gasteiger partial charge in [0.1, 0.15) is 5.56 Å². The molecular weight excluding hydrogens is 354 g/mol. The summed E-state index contributed by atoms with van der Waals surface area (Å²) < 4.78 is 0.936. The molecule has 7 heteroatoms. The molecule has 0 saturated heterocycles. The van der Waals surface area contributed by atoms with E-state index in [4.69, 9.17) is 11.6 Å². The van der Waals surface area contributed by atoms with E-state index in [1.165, 1.54) is 6.20 Å². The van der Waals surface area contributed by atoms with Gasteiger partial charge in [0.15, 0.2) is 0 Å². The van der Waals surface area contributed by atoms with Crippen LogP contribution in [-0.2, 0) is 6.42 Å². The number of aromatic amines is 1. The fourth-order valence-corrected chi connectivity index (χ4v) is 3.27. The first-order chi connectivity index (χ1) is 12.6. The van der Waals surface area contributed by atoms with E-state index in [1.54, 1.807) is 29.2 Å². The number of hydrogen-bond acceptors (Lipinski definition) is 3. The molecule has 2 aromatic carbocycles. The number of rotatable bonds is 2. The van der Waals surface area contributed by atoms with Crippen LogP contribution in [0.3, 0.4) is 0 Å². The van der Waals surface area contributed by atoms with Crippen LogP contribution in [0, 0.1) is 0 Å². The van der Waals surface area contributed by atoms with Gasteiger partial charge in [-0.1, -0.05) is 29.8 Å². The molecule has 3 aromatic rings. The molecule has 4 rings (SSSR count). The lowest BCUT2D eigenvalue weighted by Crippen LogP contribution is -2.41. The first-order valence-corrected chi connectivity index (χ1v) is 8.44. The maximum absolute atomic E-state index is 12.9. The number of anilines is 1. The van der Waals surface area contributed by atoms with Gasteiger partial charge in [-0.05, 0) is 42.3 Å². The molecule has 0 fully saturated rings. The van der Waals surface area contributed by atoms with Crippen molar-refractivity contribution in [2.24, 2.45) is 0 Å². The van der Waals surface area contributed by atoms with Crippen molar-refractivity contribution in [3.05, 3.63) is 91.7 Å². The van der Waals surface area contributed by atoms with Gasteiger partial charge >= 0.3 is 5.69 Å². The highest BCUT2D eigenvalue weighted by Crippen LogP contribution is 2.28. The third-order valence-corrected chi connectivity index (χ3v) is 4.68. The highest BCUT2D eigenvalue weighted by atomic mass is 35.5. The summed E-state index contributed by atoms with van der Waals surface area (Å²) in [4.78, 5) is 42.0. The third-order valence-electron chi connectivity index (χ3n) is 4.42. The van der Waals surface area contributed by atoms with Crippen LogP contribution in [0.5, 0.6) is 0 Å². The average Bonchev–Trinajstić information content (AvgIpc) is 3.07. The maximum atomic E-state index is 12.9. The topological polar surface area (TPSA) is 75.2 Å². The molecule has 130 valence electrons. The second kappa shape index (κ2) is 6.31. The molecule has 0 spiro atoms. The zero-order chi connectivity index (χ0) is 18.3. The largest absolute Gasteiger partial charge is 0.333 e. The van der Waals surface area contributed by atoms with Crippen LogP contribution in [-0.4, -0.2) is 22.0 Å². The van der Waals surface area contributed by atoms with Gasteiger partial charge in [-0.25, -0.2) is 9.36 Å². The quantitative estimate of drug-likeness (QED) is 0.755. The molecule has 6 nitrogen and oxygen atoms in total. The number of amides is 1. The number of carbonyl (C=O) groups excluding carboxylic acids is 1. The highest BCUT2D eigenvalue weighted by molar-refractivity contribution is 6.30. The van der Waals surface area contributed by atoms with Gasteiger partial charge in [0.2, 0.25) is 0 Å². The predicted octanol–water partition coefficient (Wildman–Crippen LogP) is 2.38. The van der Waals surface area contributed by atoms with E-state index < -0.39 is 17.2 Å². The Bertz CT molecular complexity index is 1120. The number of halogens is 1. The van der Waals surface area contributed by atoms with Crippen molar-refractivity contribution in [2.75, 3.05) is 11.4 Å². The van der Waals surface area contributed by atoms with Crippen molar-refractivity contribution < 1.29 is 4.79 Å². The molecule has 26 heavy (non-hydrogen) atoms. The lowest BCUT2D eigenvalue weighted by molar-refractivity contribution is 0.0987. The Balaban J connectivity index is 1.80. The minimum absolute atomic E-state index is 0.0868. The number of H-pyrrole nitrogens is 1. The Morgan fingerprint density at radius 3 is 2.54 bits per heavy atom. The average molecular weight is 368 g/mol. The molecule has 2 heterocycles. The van der Waals surface area contributed by atoms with Crippen molar-refractivity contribution in [3.8, 4) is 5.69 Å². The standard InChI is InChI=1S/C19H14ClN3O3/c20-13-5-7-14(8-6-13)23-18(25)15(11-21-19(23)26)17(24)22-10-9-12-3-1-2-4-16(12)22/h1-8,11H,9-10H2,(H,21,26). The van der Waals surface area contributed by atoms with Gasteiger partial charge in [-0.15, -0.1) is 0 Å². The van der Waals surface area contributed by atoms with Crippen molar-refractivity contribution in [1.82, 2.24) is 9.55 Å². The van der Waals surface area contributed by atoms with E-state index in [-0.39, 0.29) is 5.56 Å². The molecule has 0 bridgehead atoms. The van der Waals surface area contributed by atoms with E-state index in [9.17, 15) is 14.4 Å². The van der Waals surface area contributed by atoms with Crippen molar-refractivity contribution in [3.63, 3.8) is 0 Å². The Morgan fingerprint density at radius 2 is 1.77 bits per heavy atom. The molecule has 1 N–H and O–H groups in total. The number of benzene rings is 2. The molecular formula is C19H14ClN3O3. The fraction of sp³-hybridized carbons (Fsp3) is 0.105. The molecule has 0 radical (unpaired) electrons. The molecule has 0 aliphatic carbocycles. The highest BCUT2D eigenvalue weighted by Gasteiger charge is 2.27. The number of nitrogens with one attached hydrogen (secondary N) is 1. The maximum Gasteiger partial charge on any atom is 0.333 e. The van der Waals surface area contributed by atoms with Crippen molar-refractivity contribution >= 4 is 23.2 Å². The zero-order valence-corrected chi connectivity index (χ0v) is 14.4. The Morgan fingerprint density at radius 1 is 1.04 bits per heavy atom. The SMILES string of the molecule is O=C(c1c[nH]c(=O)n(-c2ccc(Cl)cc2)c1=O)N1CCc2ccccc21. The van der Waals surface area contributed by atoms with Gasteiger partial charge < -0.3 is 9.88 Å². The van der Waals surface area contributed by atoms with E-state index in [0.29, 0.717) is 17.3 Å². The monoisotopic (exact) mass is 367 g/mol. The number of carbonyl (C=O) groups is 1. The van der Waals surface area contributed by atoms with Gasteiger partial charge in [-0.2, -0.15) is 0 Å². The van der Waals surface area contributed by atoms with Gasteiger partial charge in [0.05, 0.1) is 5.69 Å². The second-order valence-corrected chi connectivity index (χ2v) is 6.40. The Kier molecular flexibility index (Phi) is 3.97. The van der Waals surface area contributed by atoms with E-state index >= 15 is 0 Å². The number of nitrogens with zero attached hydrogens (tertiary/aromatic N) is 2. The molecule has 1 aromatic heterocycles. The number of hydrogen-bond donors (Lipinski definition) is 1. The summed E-state index contributed by atoms with van der Waals surface area (Å²) in [5.74, 6) is -0.432. The molecule has 0 atom stereocenters. The number of para-hydroxylation sites is 1. The molecule has 0 saturated carbocycles. The van der Waals surface area contributed by atoms with E-state index in [0.717, 1.165) is 22.2 Å². The molecule has 1 amide bonds. The van der Waals surface area contributed by atoms with Crippen LogP contribution >= 0.6 is 11.6 Å². The lowest BCUT2D eigenvalue weighted by atomic mass is 10.2. The molecule has 0 unspecified atom stereocenters. The van der Waals surface area contributed by atoms with Crippen LogP contribution in [0.15, 0.2) is 64.3 Å². The Hall–Kier alpha value is -3.12. The summed E-state index contributed by atoms with van der Waals surface area (Å²) in [6.07, 6.45) is 1.91. The van der Waals surface area contributed by atoms with Crippen LogP contribution in [0.2, 0.25) is 5.02 Å². The first kappa shape index (κ1) is 16.4. The fourth-order valence-electron chi connectivity index (χ4n) is 3.15. The summed E-state index contributed by atoms with van der Waals surface area (Å²) in [6, 6.07) is 13.8. The minimum atomic E-state index is -0.662. The predicted molar refractivity (Wildman–Crippen MR) is 99.5 cm³/mol. The van der Waals surface area contributed by atoms with E-state index in [1.807, 2.05) is 24.3 Å². The zero-order valence-electron chi connectivity index (χ0n) is 13.6. The van der Waals surface area contributed by atoms with Crippen LogP contribution in [0.25, 0.3) is 5.69 Å². The number of fused-ring (bicyclic) bond motifs is 1. The van der Waals surface area contributed by atoms with Crippen molar-refractivity contribution in [2.45, 2.75) is 6.42 Å². The van der Waals surface area contributed by atoms with Crippen LogP contribution < -0.4 is 16.1 Å². The minimum Gasteiger partial charge on any atom is -0.313 e. The lowest BCUT2D eigenvalue weighted by Gasteiger charge is -2.17. The summed E-state index contributed by atoms with van der Waals surface area (Å²) in [7, 11) is 0. The summed E-state index contributed by atoms with van der Waals surface area (Å²) in [5.41, 5.74) is 0.832. The third kappa shape index (κ3) is 2.64. The molecule has 1 aliphatic heterocycles. The second-order valence-electron chi connectivity index (χ2n) is 5.96. The van der Waals surface area contributed by atoms with Crippen molar-refractivity contribution in [1.29, 1.82) is 0 Å². The normalized spacial score (nSPS) is 12.9. The van der Waals surface area contributed by atoms with Gasteiger partial charge in [-0.3, -0.25) is 9.59 Å². The van der Waals surface area contributed by atoms with E-state index in [2.05, 4.69) is 4.98 Å². The van der Waals surface area contributed by atoms with Crippen LogP contribution in [0.1, 0.15) is 15.9 Å². The van der Waals surface area contributed by atoms with Gasteiger partial charge in [0.25, 0.3) is 11.5 Å². The smallest absolute Gasteiger partial charge is 0.313 e. The van der Waals surface area contributed by atoms with Gasteiger partial charge in [0, 0.05) is 23.5 Å². The summed E-state index contributed by atoms with van der Waals surface area (Å²) in [5, 5.41) is 0.485. The Labute approximate surface area is 153 Å².